The standard InChI is InChI=1S/C12H13N5O2S/c13-11(18)7-4-15-16-10(7)9-2-1-3-17(9)12(19)8-5-20-6-14-8/h4-6,9H,1-3H2,(H2,13,18)(H,15,16). The van der Waals surface area contributed by atoms with Gasteiger partial charge in [-0.2, -0.15) is 5.10 Å². The Labute approximate surface area is 118 Å². The zero-order chi connectivity index (χ0) is 14.1. The van der Waals surface area contributed by atoms with Crippen LogP contribution in [0.25, 0.3) is 0 Å². The summed E-state index contributed by atoms with van der Waals surface area (Å²) in [5, 5.41) is 8.39. The second kappa shape index (κ2) is 5.04. The Morgan fingerprint density at radius 2 is 2.35 bits per heavy atom. The molecule has 1 aliphatic rings. The first kappa shape index (κ1) is 12.8. The number of primary amides is 1. The van der Waals surface area contributed by atoms with Crippen molar-refractivity contribution >= 4 is 23.2 Å². The highest BCUT2D eigenvalue weighted by Crippen LogP contribution is 2.33. The summed E-state index contributed by atoms with van der Waals surface area (Å²) < 4.78 is 0. The summed E-state index contributed by atoms with van der Waals surface area (Å²) in [7, 11) is 0. The van der Waals surface area contributed by atoms with Gasteiger partial charge in [-0.1, -0.05) is 0 Å². The van der Waals surface area contributed by atoms with Gasteiger partial charge in [-0.25, -0.2) is 4.98 Å². The number of thiazole rings is 1. The maximum absolute atomic E-state index is 12.4. The molecule has 8 heteroatoms. The first-order valence-corrected chi connectivity index (χ1v) is 7.15. The molecule has 0 spiro atoms. The van der Waals surface area contributed by atoms with Crippen LogP contribution in [0.3, 0.4) is 0 Å². The van der Waals surface area contributed by atoms with Crippen LogP contribution in [0, 0.1) is 0 Å². The molecule has 3 N–H and O–H groups in total. The van der Waals surface area contributed by atoms with Crippen molar-refractivity contribution in [2.45, 2.75) is 18.9 Å². The monoisotopic (exact) mass is 291 g/mol. The van der Waals surface area contributed by atoms with Crippen LogP contribution in [0.2, 0.25) is 0 Å². The molecule has 7 nitrogen and oxygen atoms in total. The predicted octanol–water partition coefficient (Wildman–Crippen LogP) is 0.942. The number of hydrogen-bond acceptors (Lipinski definition) is 5. The van der Waals surface area contributed by atoms with Crippen molar-refractivity contribution in [3.8, 4) is 0 Å². The Hall–Kier alpha value is -2.22. The highest BCUT2D eigenvalue weighted by Gasteiger charge is 2.34. The molecule has 104 valence electrons. The van der Waals surface area contributed by atoms with Gasteiger partial charge in [0, 0.05) is 11.9 Å². The Balaban J connectivity index is 1.91. The minimum absolute atomic E-state index is 0.126. The lowest BCUT2D eigenvalue weighted by Gasteiger charge is -2.23. The van der Waals surface area contributed by atoms with Gasteiger partial charge in [0.15, 0.2) is 0 Å². The summed E-state index contributed by atoms with van der Waals surface area (Å²) in [6, 6.07) is -0.200. The fourth-order valence-electron chi connectivity index (χ4n) is 2.52. The van der Waals surface area contributed by atoms with Gasteiger partial charge in [0.2, 0.25) is 0 Å². The van der Waals surface area contributed by atoms with Gasteiger partial charge in [0.25, 0.3) is 11.8 Å². The van der Waals surface area contributed by atoms with Gasteiger partial charge in [0.05, 0.1) is 29.0 Å². The number of aromatic nitrogens is 3. The number of rotatable bonds is 3. The number of carbonyl (C=O) groups excluding carboxylic acids is 2. The normalized spacial score (nSPS) is 18.4. The highest BCUT2D eigenvalue weighted by molar-refractivity contribution is 7.07. The molecule has 0 bridgehead atoms. The van der Waals surface area contributed by atoms with Gasteiger partial charge in [-0.15, -0.1) is 11.3 Å². The van der Waals surface area contributed by atoms with Crippen molar-refractivity contribution in [1.29, 1.82) is 0 Å². The number of nitrogens with zero attached hydrogens (tertiary/aromatic N) is 3. The van der Waals surface area contributed by atoms with E-state index in [9.17, 15) is 9.59 Å². The van der Waals surface area contributed by atoms with Crippen LogP contribution in [0.4, 0.5) is 0 Å². The average Bonchev–Trinajstić information content (AvgIpc) is 3.17. The molecule has 1 aliphatic heterocycles. The lowest BCUT2D eigenvalue weighted by atomic mass is 10.1. The van der Waals surface area contributed by atoms with E-state index >= 15 is 0 Å². The molecule has 1 unspecified atom stereocenters. The molecule has 2 aromatic heterocycles. The lowest BCUT2D eigenvalue weighted by molar-refractivity contribution is 0.0725. The summed E-state index contributed by atoms with van der Waals surface area (Å²) in [6.07, 6.45) is 3.05. The van der Waals surface area contributed by atoms with E-state index < -0.39 is 5.91 Å². The average molecular weight is 291 g/mol. The number of aromatic amines is 1. The van der Waals surface area contributed by atoms with Crippen LogP contribution < -0.4 is 5.73 Å². The van der Waals surface area contributed by atoms with Crippen molar-refractivity contribution in [2.24, 2.45) is 5.73 Å². The molecule has 3 heterocycles. The number of H-pyrrole nitrogens is 1. The van der Waals surface area contributed by atoms with Crippen molar-refractivity contribution in [3.05, 3.63) is 34.0 Å². The van der Waals surface area contributed by atoms with Crippen molar-refractivity contribution in [3.63, 3.8) is 0 Å². The third-order valence-corrected chi connectivity index (χ3v) is 4.02. The molecule has 2 amide bonds. The van der Waals surface area contributed by atoms with Gasteiger partial charge >= 0.3 is 0 Å². The molecule has 1 saturated heterocycles. The van der Waals surface area contributed by atoms with Crippen LogP contribution in [0.5, 0.6) is 0 Å². The molecule has 1 fully saturated rings. The number of hydrogen-bond donors (Lipinski definition) is 2. The quantitative estimate of drug-likeness (QED) is 0.878. The maximum Gasteiger partial charge on any atom is 0.273 e. The van der Waals surface area contributed by atoms with E-state index in [4.69, 9.17) is 5.73 Å². The third-order valence-electron chi connectivity index (χ3n) is 3.43. The summed E-state index contributed by atoms with van der Waals surface area (Å²) in [5.74, 6) is -0.666. The van der Waals surface area contributed by atoms with E-state index in [1.807, 2.05) is 0 Å². The second-order valence-corrected chi connectivity index (χ2v) is 5.31. The predicted molar refractivity (Wildman–Crippen MR) is 72.2 cm³/mol. The van der Waals surface area contributed by atoms with Gasteiger partial charge < -0.3 is 10.6 Å². The van der Waals surface area contributed by atoms with E-state index in [2.05, 4.69) is 15.2 Å². The SMILES string of the molecule is NC(=O)c1cn[nH]c1C1CCCN1C(=O)c1cscn1. The van der Waals surface area contributed by atoms with Crippen LogP contribution >= 0.6 is 11.3 Å². The van der Waals surface area contributed by atoms with Crippen LogP contribution in [-0.4, -0.2) is 38.4 Å². The molecule has 0 radical (unpaired) electrons. The largest absolute Gasteiger partial charge is 0.365 e. The lowest BCUT2D eigenvalue weighted by Crippen LogP contribution is -2.32. The zero-order valence-corrected chi connectivity index (χ0v) is 11.4. The number of amides is 2. The van der Waals surface area contributed by atoms with E-state index in [0.29, 0.717) is 23.5 Å². The van der Waals surface area contributed by atoms with E-state index in [1.54, 1.807) is 15.8 Å². The Morgan fingerprint density at radius 3 is 3.05 bits per heavy atom. The highest BCUT2D eigenvalue weighted by atomic mass is 32.1. The topological polar surface area (TPSA) is 105 Å². The third kappa shape index (κ3) is 2.07. The van der Waals surface area contributed by atoms with E-state index in [0.717, 1.165) is 12.8 Å². The van der Waals surface area contributed by atoms with E-state index in [1.165, 1.54) is 17.5 Å². The molecule has 3 rings (SSSR count). The summed E-state index contributed by atoms with van der Waals surface area (Å²) >= 11 is 1.38. The number of likely N-dealkylation sites (tertiary alicyclic amines) is 1. The Bertz CT molecular complexity index is 636. The molecule has 0 aromatic carbocycles. The van der Waals surface area contributed by atoms with Crippen molar-refractivity contribution in [1.82, 2.24) is 20.1 Å². The number of nitrogens with two attached hydrogens (primary N) is 1. The van der Waals surface area contributed by atoms with Crippen LogP contribution in [0.1, 0.15) is 45.4 Å². The Morgan fingerprint density at radius 1 is 1.50 bits per heavy atom. The first-order valence-electron chi connectivity index (χ1n) is 6.20. The van der Waals surface area contributed by atoms with E-state index in [-0.39, 0.29) is 11.9 Å². The molecule has 20 heavy (non-hydrogen) atoms. The minimum atomic E-state index is -0.540. The van der Waals surface area contributed by atoms with Gasteiger partial charge in [-0.3, -0.25) is 14.7 Å². The Kier molecular flexibility index (Phi) is 3.23. The van der Waals surface area contributed by atoms with Gasteiger partial charge in [-0.05, 0) is 12.8 Å². The zero-order valence-electron chi connectivity index (χ0n) is 10.6. The molecular formula is C12H13N5O2S. The summed E-state index contributed by atoms with van der Waals surface area (Å²) in [4.78, 5) is 29.6. The minimum Gasteiger partial charge on any atom is -0.365 e. The smallest absolute Gasteiger partial charge is 0.273 e. The summed E-state index contributed by atoms with van der Waals surface area (Å²) in [6.45, 7) is 0.637. The number of carbonyl (C=O) groups is 2. The molecule has 1 atom stereocenters. The molecule has 0 aliphatic carbocycles. The molecule has 0 saturated carbocycles. The second-order valence-electron chi connectivity index (χ2n) is 4.59. The fraction of sp³-hybridized carbons (Fsp3) is 0.333. The van der Waals surface area contributed by atoms with Crippen molar-refractivity contribution in [2.75, 3.05) is 6.54 Å². The number of nitrogens with one attached hydrogen (secondary N) is 1. The fourth-order valence-corrected chi connectivity index (χ4v) is 3.05. The first-order chi connectivity index (χ1) is 9.68. The van der Waals surface area contributed by atoms with Crippen LogP contribution in [-0.2, 0) is 0 Å². The van der Waals surface area contributed by atoms with Crippen LogP contribution in [0.15, 0.2) is 17.1 Å². The van der Waals surface area contributed by atoms with Gasteiger partial charge in [0.1, 0.15) is 5.69 Å². The molecule has 2 aromatic rings. The maximum atomic E-state index is 12.4. The summed E-state index contributed by atoms with van der Waals surface area (Å²) in [5.41, 5.74) is 8.34. The van der Waals surface area contributed by atoms with Crippen molar-refractivity contribution < 1.29 is 9.59 Å². The molecular weight excluding hydrogens is 278 g/mol.